The highest BCUT2D eigenvalue weighted by atomic mass is 14.9. The monoisotopic (exact) mass is 713 g/mol. The summed E-state index contributed by atoms with van der Waals surface area (Å²) in [5.74, 6) is 7.47. The van der Waals surface area contributed by atoms with E-state index in [0.717, 1.165) is 50.4 Å². The molecular weight excluding hydrogens is 679 g/mol. The minimum atomic E-state index is 0.595. The molecule has 0 bridgehead atoms. The predicted octanol–water partition coefficient (Wildman–Crippen LogP) is 13.3. The lowest BCUT2D eigenvalue weighted by atomic mass is 9.92. The number of hydrogen-bond donors (Lipinski definition) is 0. The fourth-order valence-electron chi connectivity index (χ4n) is 7.77. The lowest BCUT2D eigenvalue weighted by Crippen LogP contribution is -1.99. The number of allylic oxidation sites excluding steroid dienone is 4. The van der Waals surface area contributed by atoms with Crippen LogP contribution in [-0.2, 0) is 0 Å². The summed E-state index contributed by atoms with van der Waals surface area (Å²) in [6.07, 6.45) is 9.32. The molecule has 0 N–H and O–H groups in total. The second kappa shape index (κ2) is 14.4. The van der Waals surface area contributed by atoms with Crippen molar-refractivity contribution < 1.29 is 0 Å². The average Bonchev–Trinajstić information content (AvgIpc) is 3.26. The van der Waals surface area contributed by atoms with E-state index in [1.807, 2.05) is 12.3 Å². The molecule has 2 aromatic heterocycles. The summed E-state index contributed by atoms with van der Waals surface area (Å²) in [7, 11) is 0. The number of hydrogen-bond acceptors (Lipinski definition) is 3. The molecular formula is C53H35N3. The van der Waals surface area contributed by atoms with E-state index in [1.165, 1.54) is 43.4 Å². The Bertz CT molecular complexity index is 3070. The van der Waals surface area contributed by atoms with Gasteiger partial charge < -0.3 is 0 Å². The van der Waals surface area contributed by atoms with Gasteiger partial charge in [-0.3, -0.25) is 4.98 Å². The van der Waals surface area contributed by atoms with Crippen molar-refractivity contribution in [3.63, 3.8) is 0 Å². The maximum Gasteiger partial charge on any atom is 0.160 e. The number of pyridine rings is 1. The number of benzene rings is 7. The van der Waals surface area contributed by atoms with Gasteiger partial charge in [-0.2, -0.15) is 0 Å². The second-order valence-electron chi connectivity index (χ2n) is 14.2. The third kappa shape index (κ3) is 6.44. The van der Waals surface area contributed by atoms with Crippen LogP contribution in [0.4, 0.5) is 0 Å². The number of nitrogens with zero attached hydrogens (tertiary/aromatic N) is 3. The molecule has 0 amide bonds. The molecule has 0 saturated carbocycles. The third-order valence-corrected chi connectivity index (χ3v) is 10.7. The predicted molar refractivity (Wildman–Crippen MR) is 233 cm³/mol. The Hall–Kier alpha value is -7.41. The summed E-state index contributed by atoms with van der Waals surface area (Å²) in [4.78, 5) is 14.8. The molecule has 3 heteroatoms. The van der Waals surface area contributed by atoms with Crippen molar-refractivity contribution in [2.45, 2.75) is 12.8 Å². The molecule has 3 nitrogen and oxygen atoms in total. The molecule has 0 radical (unpaired) electrons. The van der Waals surface area contributed by atoms with Gasteiger partial charge >= 0.3 is 0 Å². The van der Waals surface area contributed by atoms with Gasteiger partial charge in [-0.25, -0.2) is 9.97 Å². The Morgan fingerprint density at radius 2 is 1.04 bits per heavy atom. The highest BCUT2D eigenvalue weighted by molar-refractivity contribution is 6.13. The zero-order chi connectivity index (χ0) is 37.3. The van der Waals surface area contributed by atoms with E-state index in [4.69, 9.17) is 9.97 Å². The first-order chi connectivity index (χ1) is 27.7. The van der Waals surface area contributed by atoms with E-state index in [-0.39, 0.29) is 0 Å². The summed E-state index contributed by atoms with van der Waals surface area (Å²) in [6, 6.07) is 58.3. The number of rotatable bonds is 6. The van der Waals surface area contributed by atoms with Crippen molar-refractivity contribution in [1.82, 2.24) is 15.0 Å². The first kappa shape index (κ1) is 33.2. The first-order valence-corrected chi connectivity index (χ1v) is 19.0. The van der Waals surface area contributed by atoms with Crippen LogP contribution in [0.15, 0.2) is 188 Å². The molecule has 10 rings (SSSR count). The van der Waals surface area contributed by atoms with Gasteiger partial charge in [0, 0.05) is 36.4 Å². The molecule has 56 heavy (non-hydrogen) atoms. The van der Waals surface area contributed by atoms with Crippen molar-refractivity contribution in [1.29, 1.82) is 0 Å². The van der Waals surface area contributed by atoms with Crippen molar-refractivity contribution in [2.75, 3.05) is 0 Å². The second-order valence-corrected chi connectivity index (χ2v) is 14.2. The standard InChI is InChI=1S/C53H35N3/c1-3-13-39(26-22-37(12-1)46-18-10-30-54-35-46)51-34-52(56-53(55-51)45-17-9-16-42(32-45)43-29-23-36-11-2-4-14-41(36)31-43)40-27-24-38(25-28-40)50-33-44-15-5-6-19-47(44)48-20-7-8-21-49(48)50/h2,4-11,14-35H,12-13H2/b37-22+,39-26+. The minimum absolute atomic E-state index is 0.595. The molecule has 2 heterocycles. The quantitative estimate of drug-likeness (QED) is 0.127. The number of fused-ring (bicyclic) bond motifs is 4. The van der Waals surface area contributed by atoms with Gasteiger partial charge in [-0.15, -0.1) is 0 Å². The van der Waals surface area contributed by atoms with E-state index < -0.39 is 0 Å². The molecule has 9 aromatic rings. The molecule has 1 aliphatic rings. The van der Waals surface area contributed by atoms with E-state index >= 15 is 0 Å². The minimum Gasteiger partial charge on any atom is -0.264 e. The van der Waals surface area contributed by atoms with Gasteiger partial charge in [-0.05, 0) is 102 Å². The summed E-state index contributed by atoms with van der Waals surface area (Å²) >= 11 is 0. The third-order valence-electron chi connectivity index (χ3n) is 10.7. The Balaban J connectivity index is 1.09. The SMILES string of the molecule is C1#CC/C(c2cc(-c3ccc(-c4cc5ccccc5c5ccccc45)cc3)nc(-c3cccc(-c4ccc5ccccc5c4)c3)n2)=C\C=C(\c2cccnc2)C1. The van der Waals surface area contributed by atoms with E-state index in [2.05, 4.69) is 187 Å². The zero-order valence-corrected chi connectivity index (χ0v) is 30.7. The summed E-state index contributed by atoms with van der Waals surface area (Å²) in [5, 5.41) is 7.45. The maximum absolute atomic E-state index is 5.25. The number of aromatic nitrogens is 3. The van der Waals surface area contributed by atoms with E-state index in [0.29, 0.717) is 18.7 Å². The maximum atomic E-state index is 5.25. The van der Waals surface area contributed by atoms with Crippen LogP contribution in [0.5, 0.6) is 0 Å². The Kier molecular flexibility index (Phi) is 8.55. The van der Waals surface area contributed by atoms with Crippen molar-refractivity contribution in [2.24, 2.45) is 0 Å². The van der Waals surface area contributed by atoms with Crippen molar-refractivity contribution in [3.05, 3.63) is 200 Å². The highest BCUT2D eigenvalue weighted by Crippen LogP contribution is 2.37. The fraction of sp³-hybridized carbons (Fsp3) is 0.0377. The average molecular weight is 714 g/mol. The Morgan fingerprint density at radius 1 is 0.393 bits per heavy atom. The van der Waals surface area contributed by atoms with E-state index in [9.17, 15) is 0 Å². The van der Waals surface area contributed by atoms with Crippen LogP contribution in [0.1, 0.15) is 24.1 Å². The van der Waals surface area contributed by atoms with Crippen LogP contribution in [-0.4, -0.2) is 15.0 Å². The van der Waals surface area contributed by atoms with Gasteiger partial charge in [-0.1, -0.05) is 157 Å². The first-order valence-electron chi connectivity index (χ1n) is 19.0. The van der Waals surface area contributed by atoms with Gasteiger partial charge in [0.25, 0.3) is 0 Å². The molecule has 1 aliphatic carbocycles. The van der Waals surface area contributed by atoms with Crippen LogP contribution in [0, 0.1) is 11.8 Å². The van der Waals surface area contributed by atoms with Crippen LogP contribution >= 0.6 is 0 Å². The zero-order valence-electron chi connectivity index (χ0n) is 30.7. The van der Waals surface area contributed by atoms with Crippen LogP contribution in [0.3, 0.4) is 0 Å². The van der Waals surface area contributed by atoms with Gasteiger partial charge in [0.05, 0.1) is 11.4 Å². The Labute approximate surface area is 326 Å². The molecule has 7 aromatic carbocycles. The molecule has 262 valence electrons. The molecule has 0 spiro atoms. The summed E-state index contributed by atoms with van der Waals surface area (Å²) in [5.41, 5.74) is 11.6. The van der Waals surface area contributed by atoms with Gasteiger partial charge in [0.1, 0.15) is 0 Å². The Morgan fingerprint density at radius 3 is 1.88 bits per heavy atom. The lowest BCUT2D eigenvalue weighted by Gasteiger charge is -2.14. The summed E-state index contributed by atoms with van der Waals surface area (Å²) < 4.78 is 0. The van der Waals surface area contributed by atoms with Crippen molar-refractivity contribution >= 4 is 43.5 Å². The normalized spacial score (nSPS) is 14.6. The lowest BCUT2D eigenvalue weighted by molar-refractivity contribution is 1.14. The highest BCUT2D eigenvalue weighted by Gasteiger charge is 2.15. The fourth-order valence-corrected chi connectivity index (χ4v) is 7.77. The van der Waals surface area contributed by atoms with E-state index in [1.54, 1.807) is 6.20 Å². The topological polar surface area (TPSA) is 38.7 Å². The van der Waals surface area contributed by atoms with Crippen LogP contribution in [0.2, 0.25) is 0 Å². The van der Waals surface area contributed by atoms with Gasteiger partial charge in [0.2, 0.25) is 0 Å². The molecule has 0 atom stereocenters. The molecule has 0 unspecified atom stereocenters. The van der Waals surface area contributed by atoms with Crippen LogP contribution < -0.4 is 0 Å². The largest absolute Gasteiger partial charge is 0.264 e. The molecule has 0 aliphatic heterocycles. The molecule has 0 saturated heterocycles. The summed E-state index contributed by atoms with van der Waals surface area (Å²) in [6.45, 7) is 0. The van der Waals surface area contributed by atoms with Gasteiger partial charge in [0.15, 0.2) is 5.82 Å². The van der Waals surface area contributed by atoms with Crippen LogP contribution in [0.25, 0.3) is 88.4 Å². The van der Waals surface area contributed by atoms with Crippen molar-refractivity contribution in [3.8, 4) is 56.7 Å². The smallest absolute Gasteiger partial charge is 0.160 e. The molecule has 0 fully saturated rings.